The molecule has 0 aliphatic rings. The average Bonchev–Trinajstić information content (AvgIpc) is 2.81. The summed E-state index contributed by atoms with van der Waals surface area (Å²) in [6.07, 6.45) is 0. The third kappa shape index (κ3) is 5.14. The van der Waals surface area contributed by atoms with Crippen molar-refractivity contribution < 1.29 is 28.6 Å². The van der Waals surface area contributed by atoms with Crippen LogP contribution in [0, 0.1) is 0 Å². The van der Waals surface area contributed by atoms with Crippen LogP contribution in [0.2, 0.25) is 0 Å². The first kappa shape index (κ1) is 22.6. The molecule has 0 atom stereocenters. The molecular formula is C27H26IN3. The second kappa shape index (κ2) is 10.8. The Kier molecular flexibility index (Phi) is 7.84. The third-order valence-corrected chi connectivity index (χ3v) is 4.86. The lowest BCUT2D eigenvalue weighted by molar-refractivity contribution is -0.466. The summed E-state index contributed by atoms with van der Waals surface area (Å²) in [4.78, 5) is 4.58. The first-order valence-corrected chi connectivity index (χ1v) is 10.1. The predicted molar refractivity (Wildman–Crippen MR) is 127 cm³/mol. The minimum atomic E-state index is 0. The first-order chi connectivity index (χ1) is 14.8. The van der Waals surface area contributed by atoms with Gasteiger partial charge in [0.25, 0.3) is 0 Å². The summed E-state index contributed by atoms with van der Waals surface area (Å²) in [6.45, 7) is 0. The Balaban J connectivity index is 0.00000272. The van der Waals surface area contributed by atoms with Crippen LogP contribution in [0.15, 0.2) is 121 Å². The van der Waals surface area contributed by atoms with Gasteiger partial charge in [-0.3, -0.25) is 4.58 Å². The number of anilines is 4. The number of para-hydroxylation sites is 4. The molecule has 156 valence electrons. The maximum absolute atomic E-state index is 2.29. The molecule has 0 aliphatic carbocycles. The Labute approximate surface area is 201 Å². The molecule has 0 radical (unpaired) electrons. The second-order valence-electron chi connectivity index (χ2n) is 7.21. The number of benzene rings is 4. The Morgan fingerprint density at radius 3 is 0.871 bits per heavy atom. The molecular weight excluding hydrogens is 493 g/mol. The fourth-order valence-corrected chi connectivity index (χ4v) is 3.57. The maximum Gasteiger partial charge on any atom is 0.370 e. The van der Waals surface area contributed by atoms with E-state index < -0.39 is 0 Å². The topological polar surface area (TPSA) is 9.49 Å². The number of halogens is 1. The van der Waals surface area contributed by atoms with Crippen molar-refractivity contribution in [3.63, 3.8) is 0 Å². The van der Waals surface area contributed by atoms with E-state index in [0.717, 1.165) is 28.7 Å². The van der Waals surface area contributed by atoms with Crippen molar-refractivity contribution in [2.24, 2.45) is 0 Å². The summed E-state index contributed by atoms with van der Waals surface area (Å²) in [7, 11) is 4.18. The number of rotatable bonds is 4. The van der Waals surface area contributed by atoms with E-state index in [4.69, 9.17) is 0 Å². The maximum atomic E-state index is 2.29. The van der Waals surface area contributed by atoms with Crippen LogP contribution in [-0.2, 0) is 0 Å². The highest BCUT2D eigenvalue weighted by Crippen LogP contribution is 2.32. The third-order valence-electron chi connectivity index (χ3n) is 4.86. The van der Waals surface area contributed by atoms with Crippen LogP contribution in [0.3, 0.4) is 0 Å². The molecule has 0 N–H and O–H groups in total. The van der Waals surface area contributed by atoms with Crippen molar-refractivity contribution in [1.29, 1.82) is 0 Å². The van der Waals surface area contributed by atoms with Crippen LogP contribution in [0.1, 0.15) is 0 Å². The van der Waals surface area contributed by atoms with E-state index >= 15 is 0 Å². The van der Waals surface area contributed by atoms with Gasteiger partial charge in [0.05, 0.1) is 14.1 Å². The minimum Gasteiger partial charge on any atom is -1.00 e. The van der Waals surface area contributed by atoms with E-state index in [1.807, 2.05) is 24.3 Å². The van der Waals surface area contributed by atoms with E-state index in [9.17, 15) is 0 Å². The highest BCUT2D eigenvalue weighted by molar-refractivity contribution is 6.12. The fraction of sp³-hybridized carbons (Fsp3) is 0.0741. The van der Waals surface area contributed by atoms with Crippen LogP contribution < -0.4 is 33.8 Å². The van der Waals surface area contributed by atoms with Crippen molar-refractivity contribution in [2.45, 2.75) is 0 Å². The highest BCUT2D eigenvalue weighted by atomic mass is 127. The van der Waals surface area contributed by atoms with Gasteiger partial charge in [-0.2, -0.15) is 9.80 Å². The smallest absolute Gasteiger partial charge is 0.370 e. The molecule has 0 heterocycles. The van der Waals surface area contributed by atoms with E-state index in [1.165, 1.54) is 0 Å². The van der Waals surface area contributed by atoms with Gasteiger partial charge in [0, 0.05) is 0 Å². The Bertz CT molecular complexity index is 930. The molecule has 4 rings (SSSR count). The molecule has 0 fully saturated rings. The molecule has 0 aromatic heterocycles. The van der Waals surface area contributed by atoms with Crippen molar-refractivity contribution in [1.82, 2.24) is 0 Å². The van der Waals surface area contributed by atoms with Gasteiger partial charge >= 0.3 is 5.96 Å². The molecule has 0 amide bonds. The standard InChI is InChI=1S/C27H26N3.HI/c1-28(2)27(29(23-15-7-3-8-16-23)24-17-9-4-10-18-24)30(25-19-11-5-12-20-25)26-21-13-6-14-22-26;/h3-22H,1-2H3;1H/q+1;/p-1. The average molecular weight is 519 g/mol. The number of guanidine groups is 1. The zero-order valence-electron chi connectivity index (χ0n) is 17.8. The lowest BCUT2D eigenvalue weighted by Crippen LogP contribution is -3.00. The molecule has 0 unspecified atom stereocenters. The molecule has 31 heavy (non-hydrogen) atoms. The minimum absolute atomic E-state index is 0. The van der Waals surface area contributed by atoms with Gasteiger partial charge in [-0.25, -0.2) is 0 Å². The zero-order valence-corrected chi connectivity index (χ0v) is 19.9. The normalized spacial score (nSPS) is 10.0. The van der Waals surface area contributed by atoms with Gasteiger partial charge < -0.3 is 24.0 Å². The van der Waals surface area contributed by atoms with Crippen molar-refractivity contribution in [2.75, 3.05) is 23.9 Å². The zero-order chi connectivity index (χ0) is 20.8. The predicted octanol–water partition coefficient (Wildman–Crippen LogP) is 3.30. The molecule has 0 aliphatic heterocycles. The first-order valence-electron chi connectivity index (χ1n) is 10.1. The van der Waals surface area contributed by atoms with Gasteiger partial charge in [-0.1, -0.05) is 72.8 Å². The molecule has 4 aromatic rings. The van der Waals surface area contributed by atoms with E-state index in [-0.39, 0.29) is 24.0 Å². The van der Waals surface area contributed by atoms with Crippen molar-refractivity contribution in [3.05, 3.63) is 121 Å². The molecule has 4 aromatic carbocycles. The SMILES string of the molecule is C[N+](C)=C(N(c1ccccc1)c1ccccc1)N(c1ccccc1)c1ccccc1.[I-]. The number of hydrogen-bond acceptors (Lipinski definition) is 0. The fourth-order valence-electron chi connectivity index (χ4n) is 3.57. The summed E-state index contributed by atoms with van der Waals surface area (Å²) in [5.41, 5.74) is 4.40. The van der Waals surface area contributed by atoms with Gasteiger partial charge in [0.1, 0.15) is 22.7 Å². The Hall–Kier alpha value is -3.12. The summed E-state index contributed by atoms with van der Waals surface area (Å²) in [5.74, 6) is 1.03. The molecule has 0 saturated carbocycles. The van der Waals surface area contributed by atoms with Crippen molar-refractivity contribution in [3.8, 4) is 0 Å². The summed E-state index contributed by atoms with van der Waals surface area (Å²) < 4.78 is 2.17. The highest BCUT2D eigenvalue weighted by Gasteiger charge is 2.33. The van der Waals surface area contributed by atoms with Crippen molar-refractivity contribution >= 4 is 28.7 Å². The van der Waals surface area contributed by atoms with Crippen LogP contribution >= 0.6 is 0 Å². The summed E-state index contributed by atoms with van der Waals surface area (Å²) >= 11 is 0. The molecule has 4 heteroatoms. The summed E-state index contributed by atoms with van der Waals surface area (Å²) in [5, 5.41) is 0. The van der Waals surface area contributed by atoms with Crippen LogP contribution in [0.5, 0.6) is 0 Å². The molecule has 3 nitrogen and oxygen atoms in total. The number of hydrogen-bond donors (Lipinski definition) is 0. The Morgan fingerprint density at radius 2 is 0.677 bits per heavy atom. The van der Waals surface area contributed by atoms with Gasteiger partial charge in [0.15, 0.2) is 0 Å². The summed E-state index contributed by atoms with van der Waals surface area (Å²) in [6, 6.07) is 42.0. The number of nitrogens with zero attached hydrogens (tertiary/aromatic N) is 3. The largest absolute Gasteiger partial charge is 1.00 e. The van der Waals surface area contributed by atoms with Gasteiger partial charge in [0.2, 0.25) is 0 Å². The lowest BCUT2D eigenvalue weighted by atomic mass is 10.2. The molecule has 0 saturated heterocycles. The Morgan fingerprint density at radius 1 is 0.452 bits per heavy atom. The van der Waals surface area contributed by atoms with Crippen LogP contribution in [0.4, 0.5) is 22.7 Å². The quantitative estimate of drug-likeness (QED) is 0.177. The van der Waals surface area contributed by atoms with E-state index in [0.29, 0.717) is 0 Å². The van der Waals surface area contributed by atoms with Crippen LogP contribution in [0.25, 0.3) is 0 Å². The molecule has 0 bridgehead atoms. The van der Waals surface area contributed by atoms with Gasteiger partial charge in [-0.15, -0.1) is 0 Å². The van der Waals surface area contributed by atoms with E-state index in [2.05, 4.69) is 126 Å². The monoisotopic (exact) mass is 519 g/mol. The van der Waals surface area contributed by atoms with Crippen LogP contribution in [-0.4, -0.2) is 24.6 Å². The molecule has 0 spiro atoms. The van der Waals surface area contributed by atoms with Gasteiger partial charge in [-0.05, 0) is 48.5 Å². The second-order valence-corrected chi connectivity index (χ2v) is 7.21. The van der Waals surface area contributed by atoms with E-state index in [1.54, 1.807) is 0 Å². The lowest BCUT2D eigenvalue weighted by Gasteiger charge is -2.29.